The van der Waals surface area contributed by atoms with Crippen molar-refractivity contribution < 1.29 is 13.9 Å². The first-order chi connectivity index (χ1) is 12.1. The summed E-state index contributed by atoms with van der Waals surface area (Å²) in [5.41, 5.74) is 2.20. The lowest BCUT2D eigenvalue weighted by Crippen LogP contribution is -2.22. The SMILES string of the molecule is COc1ccc(C(=O)NCc2ccc(-n3ccnc3C)cc2)cc1F. The van der Waals surface area contributed by atoms with E-state index in [0.717, 1.165) is 17.1 Å². The van der Waals surface area contributed by atoms with Crippen LogP contribution in [0.15, 0.2) is 54.9 Å². The summed E-state index contributed by atoms with van der Waals surface area (Å²) in [6.45, 7) is 2.29. The van der Waals surface area contributed by atoms with Crippen LogP contribution in [0.4, 0.5) is 4.39 Å². The molecule has 2 aromatic carbocycles. The molecule has 0 fully saturated rings. The van der Waals surface area contributed by atoms with Crippen molar-refractivity contribution in [2.45, 2.75) is 13.5 Å². The maximum atomic E-state index is 13.7. The van der Waals surface area contributed by atoms with E-state index in [9.17, 15) is 9.18 Å². The Morgan fingerprint density at radius 3 is 2.60 bits per heavy atom. The largest absolute Gasteiger partial charge is 0.494 e. The van der Waals surface area contributed by atoms with E-state index in [1.807, 2.05) is 42.0 Å². The number of hydrogen-bond donors (Lipinski definition) is 1. The lowest BCUT2D eigenvalue weighted by atomic mass is 10.1. The van der Waals surface area contributed by atoms with Gasteiger partial charge in [-0.25, -0.2) is 9.37 Å². The summed E-state index contributed by atoms with van der Waals surface area (Å²) in [4.78, 5) is 16.3. The number of ether oxygens (including phenoxy) is 1. The van der Waals surface area contributed by atoms with E-state index in [4.69, 9.17) is 4.74 Å². The van der Waals surface area contributed by atoms with E-state index < -0.39 is 5.82 Å². The van der Waals surface area contributed by atoms with Gasteiger partial charge in [-0.05, 0) is 42.8 Å². The predicted octanol–water partition coefficient (Wildman–Crippen LogP) is 3.26. The van der Waals surface area contributed by atoms with Crippen LogP contribution in [0.3, 0.4) is 0 Å². The Bertz CT molecular complexity index is 888. The number of halogens is 1. The van der Waals surface area contributed by atoms with Crippen molar-refractivity contribution in [3.63, 3.8) is 0 Å². The normalized spacial score (nSPS) is 10.5. The van der Waals surface area contributed by atoms with Crippen LogP contribution in [0, 0.1) is 12.7 Å². The second-order valence-corrected chi connectivity index (χ2v) is 5.54. The minimum absolute atomic E-state index is 0.113. The number of carbonyl (C=O) groups excluding carboxylic acids is 1. The van der Waals surface area contributed by atoms with Crippen LogP contribution in [0.1, 0.15) is 21.7 Å². The first kappa shape index (κ1) is 16.7. The molecule has 25 heavy (non-hydrogen) atoms. The minimum atomic E-state index is -0.560. The third-order valence-electron chi connectivity index (χ3n) is 3.91. The molecule has 1 N–H and O–H groups in total. The number of aryl methyl sites for hydroxylation is 1. The summed E-state index contributed by atoms with van der Waals surface area (Å²) in [7, 11) is 1.38. The molecule has 6 heteroatoms. The van der Waals surface area contributed by atoms with Gasteiger partial charge in [0.2, 0.25) is 0 Å². The van der Waals surface area contributed by atoms with Gasteiger partial charge in [-0.3, -0.25) is 4.79 Å². The van der Waals surface area contributed by atoms with Crippen LogP contribution >= 0.6 is 0 Å². The number of imidazole rings is 1. The second-order valence-electron chi connectivity index (χ2n) is 5.54. The van der Waals surface area contributed by atoms with E-state index >= 15 is 0 Å². The van der Waals surface area contributed by atoms with Crippen molar-refractivity contribution in [1.29, 1.82) is 0 Å². The highest BCUT2D eigenvalue weighted by molar-refractivity contribution is 5.94. The van der Waals surface area contributed by atoms with Crippen LogP contribution in [0.2, 0.25) is 0 Å². The Hall–Kier alpha value is -3.15. The lowest BCUT2D eigenvalue weighted by molar-refractivity contribution is 0.0950. The zero-order valence-corrected chi connectivity index (χ0v) is 14.0. The zero-order chi connectivity index (χ0) is 17.8. The van der Waals surface area contributed by atoms with Gasteiger partial charge in [-0.15, -0.1) is 0 Å². The average Bonchev–Trinajstić information content (AvgIpc) is 3.06. The predicted molar refractivity (Wildman–Crippen MR) is 92.4 cm³/mol. The lowest BCUT2D eigenvalue weighted by Gasteiger charge is -2.09. The van der Waals surface area contributed by atoms with E-state index in [0.29, 0.717) is 6.54 Å². The van der Waals surface area contributed by atoms with E-state index in [1.54, 1.807) is 6.20 Å². The number of rotatable bonds is 5. The Morgan fingerprint density at radius 1 is 1.24 bits per heavy atom. The maximum Gasteiger partial charge on any atom is 0.251 e. The van der Waals surface area contributed by atoms with Crippen molar-refractivity contribution in [1.82, 2.24) is 14.9 Å². The van der Waals surface area contributed by atoms with Crippen LogP contribution < -0.4 is 10.1 Å². The van der Waals surface area contributed by atoms with Crippen LogP contribution in [-0.2, 0) is 6.54 Å². The van der Waals surface area contributed by atoms with Crippen molar-refractivity contribution in [2.75, 3.05) is 7.11 Å². The molecule has 3 rings (SSSR count). The molecule has 1 amide bonds. The Kier molecular flexibility index (Phi) is 4.79. The first-order valence-corrected chi connectivity index (χ1v) is 7.79. The summed E-state index contributed by atoms with van der Waals surface area (Å²) in [5, 5.41) is 2.78. The molecule has 128 valence electrons. The van der Waals surface area contributed by atoms with E-state index in [-0.39, 0.29) is 17.2 Å². The first-order valence-electron chi connectivity index (χ1n) is 7.79. The van der Waals surface area contributed by atoms with Gasteiger partial charge in [-0.2, -0.15) is 0 Å². The smallest absolute Gasteiger partial charge is 0.251 e. The second kappa shape index (κ2) is 7.17. The molecule has 0 aliphatic heterocycles. The fourth-order valence-corrected chi connectivity index (χ4v) is 2.52. The van der Waals surface area contributed by atoms with Crippen molar-refractivity contribution in [3.8, 4) is 11.4 Å². The Morgan fingerprint density at radius 2 is 2.00 bits per heavy atom. The molecule has 0 bridgehead atoms. The molecule has 5 nitrogen and oxygen atoms in total. The molecule has 0 saturated carbocycles. The molecule has 3 aromatic rings. The van der Waals surface area contributed by atoms with Crippen molar-refractivity contribution >= 4 is 5.91 Å². The van der Waals surface area contributed by atoms with Gasteiger partial charge in [0.25, 0.3) is 5.91 Å². The molecule has 0 aliphatic carbocycles. The molecule has 0 atom stereocenters. The van der Waals surface area contributed by atoms with Crippen molar-refractivity contribution in [2.24, 2.45) is 0 Å². The van der Waals surface area contributed by atoms with Gasteiger partial charge in [-0.1, -0.05) is 12.1 Å². The standard InChI is InChI=1S/C19H18FN3O2/c1-13-21-9-10-23(13)16-6-3-14(4-7-16)12-22-19(24)15-5-8-18(25-2)17(20)11-15/h3-11H,12H2,1-2H3,(H,22,24). The highest BCUT2D eigenvalue weighted by Crippen LogP contribution is 2.18. The van der Waals surface area contributed by atoms with Crippen LogP contribution in [0.5, 0.6) is 5.75 Å². The monoisotopic (exact) mass is 339 g/mol. The number of carbonyl (C=O) groups is 1. The van der Waals surface area contributed by atoms with Gasteiger partial charge >= 0.3 is 0 Å². The molecule has 0 radical (unpaired) electrons. The minimum Gasteiger partial charge on any atom is -0.494 e. The number of nitrogens with one attached hydrogen (secondary N) is 1. The van der Waals surface area contributed by atoms with Crippen LogP contribution in [0.25, 0.3) is 5.69 Å². The summed E-state index contributed by atoms with van der Waals surface area (Å²) in [6.07, 6.45) is 3.64. The number of benzene rings is 2. The Labute approximate surface area is 145 Å². The van der Waals surface area contributed by atoms with Gasteiger partial charge < -0.3 is 14.6 Å². The van der Waals surface area contributed by atoms with Gasteiger partial charge in [0.1, 0.15) is 5.82 Å². The highest BCUT2D eigenvalue weighted by Gasteiger charge is 2.10. The quantitative estimate of drug-likeness (QED) is 0.776. The number of aromatic nitrogens is 2. The van der Waals surface area contributed by atoms with E-state index in [1.165, 1.54) is 25.3 Å². The molecule has 0 spiro atoms. The van der Waals surface area contributed by atoms with Crippen molar-refractivity contribution in [3.05, 3.63) is 77.6 Å². The molecule has 1 heterocycles. The third kappa shape index (κ3) is 3.68. The molecular weight excluding hydrogens is 321 g/mol. The average molecular weight is 339 g/mol. The molecule has 0 unspecified atom stereocenters. The maximum absolute atomic E-state index is 13.7. The van der Waals surface area contributed by atoms with E-state index in [2.05, 4.69) is 10.3 Å². The summed E-state index contributed by atoms with van der Waals surface area (Å²) in [6, 6.07) is 11.9. The number of methoxy groups -OCH3 is 1. The van der Waals surface area contributed by atoms with Gasteiger partial charge in [0.15, 0.2) is 11.6 Å². The van der Waals surface area contributed by atoms with Gasteiger partial charge in [0.05, 0.1) is 7.11 Å². The summed E-state index contributed by atoms with van der Waals surface area (Å²) >= 11 is 0. The molecule has 0 saturated heterocycles. The topological polar surface area (TPSA) is 56.1 Å². The molecular formula is C19H18FN3O2. The number of hydrogen-bond acceptors (Lipinski definition) is 3. The molecule has 1 aromatic heterocycles. The highest BCUT2D eigenvalue weighted by atomic mass is 19.1. The molecule has 0 aliphatic rings. The summed E-state index contributed by atoms with van der Waals surface area (Å²) < 4.78 is 20.5. The summed E-state index contributed by atoms with van der Waals surface area (Å²) in [5.74, 6) is 0.121. The van der Waals surface area contributed by atoms with Gasteiger partial charge in [0, 0.05) is 30.2 Å². The number of amides is 1. The Balaban J connectivity index is 1.64. The van der Waals surface area contributed by atoms with Crippen LogP contribution in [-0.4, -0.2) is 22.6 Å². The fourth-order valence-electron chi connectivity index (χ4n) is 2.52. The fraction of sp³-hybridized carbons (Fsp3) is 0.158. The third-order valence-corrected chi connectivity index (χ3v) is 3.91. The number of nitrogens with zero attached hydrogens (tertiary/aromatic N) is 2. The zero-order valence-electron chi connectivity index (χ0n) is 14.0.